The zero-order valence-corrected chi connectivity index (χ0v) is 12.0. The molecule has 1 aliphatic heterocycles. The predicted octanol–water partition coefficient (Wildman–Crippen LogP) is 1.22. The Hall–Kier alpha value is -2.22. The third kappa shape index (κ3) is 3.27. The molecule has 2 rings (SSSR count). The van der Waals surface area contributed by atoms with Crippen molar-refractivity contribution in [3.05, 3.63) is 27.9 Å². The number of hydrogen-bond donors (Lipinski definition) is 1. The molecule has 1 atom stereocenters. The summed E-state index contributed by atoms with van der Waals surface area (Å²) in [5, 5.41) is 20.0. The van der Waals surface area contributed by atoms with E-state index in [0.717, 1.165) is 38.2 Å². The van der Waals surface area contributed by atoms with Gasteiger partial charge in [-0.05, 0) is 26.4 Å². The van der Waals surface area contributed by atoms with E-state index in [1.165, 1.54) is 0 Å². The maximum Gasteiger partial charge on any atom is 0.339 e. The first kappa shape index (κ1) is 15.2. The van der Waals surface area contributed by atoms with Crippen molar-refractivity contribution in [1.29, 1.82) is 0 Å². The molecule has 1 fully saturated rings. The maximum absolute atomic E-state index is 11.3. The van der Waals surface area contributed by atoms with Gasteiger partial charge in [0.1, 0.15) is 17.6 Å². The normalized spacial score (nSPS) is 19.2. The smallest absolute Gasteiger partial charge is 0.339 e. The average Bonchev–Trinajstić information content (AvgIpc) is 2.45. The predicted molar refractivity (Wildman–Crippen MR) is 76.8 cm³/mol. The number of nitrogens with zero attached hydrogens (tertiary/aromatic N) is 4. The quantitative estimate of drug-likeness (QED) is 0.658. The van der Waals surface area contributed by atoms with Crippen molar-refractivity contribution in [3.63, 3.8) is 0 Å². The molecule has 1 aromatic rings. The monoisotopic (exact) mass is 294 g/mol. The van der Waals surface area contributed by atoms with Gasteiger partial charge in [0.25, 0.3) is 5.69 Å². The summed E-state index contributed by atoms with van der Waals surface area (Å²) in [6, 6.07) is 1.21. The van der Waals surface area contributed by atoms with Crippen molar-refractivity contribution in [2.75, 3.05) is 32.1 Å². The van der Waals surface area contributed by atoms with E-state index in [1.807, 2.05) is 11.9 Å². The summed E-state index contributed by atoms with van der Waals surface area (Å²) in [6.45, 7) is 1.83. The fraction of sp³-hybridized carbons (Fsp3) is 0.538. The number of carboxylic acid groups (broad SMARTS) is 1. The molecule has 8 nitrogen and oxygen atoms in total. The Balaban J connectivity index is 2.33. The summed E-state index contributed by atoms with van der Waals surface area (Å²) < 4.78 is 0. The molecule has 0 aliphatic carbocycles. The Morgan fingerprint density at radius 1 is 1.62 bits per heavy atom. The second-order valence-corrected chi connectivity index (χ2v) is 5.30. The molecule has 2 heterocycles. The van der Waals surface area contributed by atoms with Crippen molar-refractivity contribution in [2.45, 2.75) is 18.9 Å². The van der Waals surface area contributed by atoms with Crippen molar-refractivity contribution >= 4 is 17.5 Å². The van der Waals surface area contributed by atoms with Crippen LogP contribution in [0.1, 0.15) is 23.2 Å². The van der Waals surface area contributed by atoms with Gasteiger partial charge >= 0.3 is 5.97 Å². The lowest BCUT2D eigenvalue weighted by Gasteiger charge is -2.36. The van der Waals surface area contributed by atoms with Gasteiger partial charge in [0.05, 0.1) is 4.92 Å². The van der Waals surface area contributed by atoms with Gasteiger partial charge in [-0.1, -0.05) is 0 Å². The molecule has 1 aliphatic rings. The molecule has 0 radical (unpaired) electrons. The number of aromatic carboxylic acids is 1. The molecule has 21 heavy (non-hydrogen) atoms. The van der Waals surface area contributed by atoms with Gasteiger partial charge in [0.2, 0.25) is 0 Å². The Kier molecular flexibility index (Phi) is 4.37. The van der Waals surface area contributed by atoms with Crippen LogP contribution < -0.4 is 4.90 Å². The van der Waals surface area contributed by atoms with Crippen LogP contribution in [0.25, 0.3) is 0 Å². The van der Waals surface area contributed by atoms with Crippen LogP contribution in [0.4, 0.5) is 11.5 Å². The Morgan fingerprint density at radius 2 is 2.33 bits per heavy atom. The highest BCUT2D eigenvalue weighted by atomic mass is 16.6. The number of rotatable bonds is 4. The number of pyridine rings is 1. The molecule has 114 valence electrons. The van der Waals surface area contributed by atoms with Crippen molar-refractivity contribution in [3.8, 4) is 0 Å². The van der Waals surface area contributed by atoms with E-state index >= 15 is 0 Å². The van der Waals surface area contributed by atoms with Gasteiger partial charge in [0.15, 0.2) is 0 Å². The van der Waals surface area contributed by atoms with Crippen LogP contribution in [0.15, 0.2) is 12.3 Å². The molecule has 0 amide bonds. The first-order valence-corrected chi connectivity index (χ1v) is 6.69. The van der Waals surface area contributed by atoms with Crippen LogP contribution in [-0.4, -0.2) is 59.1 Å². The lowest BCUT2D eigenvalue weighted by molar-refractivity contribution is -0.385. The van der Waals surface area contributed by atoms with E-state index in [4.69, 9.17) is 0 Å². The number of aromatic nitrogens is 1. The third-order valence-corrected chi connectivity index (χ3v) is 3.77. The molecule has 0 saturated carbocycles. The number of anilines is 1. The lowest BCUT2D eigenvalue weighted by Crippen LogP contribution is -2.45. The molecule has 0 aromatic carbocycles. The van der Waals surface area contributed by atoms with E-state index in [2.05, 4.69) is 9.88 Å². The van der Waals surface area contributed by atoms with Gasteiger partial charge in [-0.3, -0.25) is 10.1 Å². The minimum Gasteiger partial charge on any atom is -0.478 e. The number of carbonyl (C=O) groups is 1. The second kappa shape index (κ2) is 6.04. The van der Waals surface area contributed by atoms with E-state index in [1.54, 1.807) is 7.05 Å². The molecule has 1 unspecified atom stereocenters. The molecular formula is C13H18N4O4. The first-order valence-electron chi connectivity index (χ1n) is 6.69. The highest BCUT2D eigenvalue weighted by Gasteiger charge is 2.26. The van der Waals surface area contributed by atoms with Gasteiger partial charge in [-0.25, -0.2) is 9.78 Å². The summed E-state index contributed by atoms with van der Waals surface area (Å²) in [5.74, 6) is -0.939. The Bertz CT molecular complexity index is 563. The first-order chi connectivity index (χ1) is 9.90. The van der Waals surface area contributed by atoms with Gasteiger partial charge < -0.3 is 14.9 Å². The number of likely N-dealkylation sites (N-methyl/N-ethyl adjacent to an activating group) is 2. The molecule has 1 saturated heterocycles. The Morgan fingerprint density at radius 3 is 2.90 bits per heavy atom. The maximum atomic E-state index is 11.3. The standard InChI is InChI=1S/C13H18N4O4/c1-15-5-3-4-9(8-15)16(2)12-11(13(18)19)6-10(7-14-12)17(20)21/h6-7,9H,3-5,8H2,1-2H3,(H,18,19). The van der Waals surface area contributed by atoms with E-state index in [9.17, 15) is 20.0 Å². The number of hydrogen-bond acceptors (Lipinski definition) is 6. The summed E-state index contributed by atoms with van der Waals surface area (Å²) in [6.07, 6.45) is 3.07. The minimum absolute atomic E-state index is 0.139. The molecule has 0 bridgehead atoms. The van der Waals surface area contributed by atoms with Crippen LogP contribution in [0.2, 0.25) is 0 Å². The molecule has 0 spiro atoms. The zero-order chi connectivity index (χ0) is 15.6. The van der Waals surface area contributed by atoms with Crippen molar-refractivity contribution in [2.24, 2.45) is 0 Å². The van der Waals surface area contributed by atoms with E-state index in [0.29, 0.717) is 0 Å². The summed E-state index contributed by atoms with van der Waals surface area (Å²) in [5.41, 5.74) is -0.453. The lowest BCUT2D eigenvalue weighted by atomic mass is 10.0. The second-order valence-electron chi connectivity index (χ2n) is 5.30. The minimum atomic E-state index is -1.21. The number of nitro groups is 1. The SMILES string of the molecule is CN1CCCC(N(C)c2ncc([N+](=O)[O-])cc2C(=O)O)C1. The summed E-state index contributed by atoms with van der Waals surface area (Å²) >= 11 is 0. The van der Waals surface area contributed by atoms with Crippen molar-refractivity contribution in [1.82, 2.24) is 9.88 Å². The average molecular weight is 294 g/mol. The Labute approximate surface area is 122 Å². The number of piperidine rings is 1. The van der Waals surface area contributed by atoms with Crippen molar-refractivity contribution < 1.29 is 14.8 Å². The van der Waals surface area contributed by atoms with E-state index in [-0.39, 0.29) is 23.1 Å². The van der Waals surface area contributed by atoms with Crippen LogP contribution >= 0.6 is 0 Å². The molecule has 1 aromatic heterocycles. The topological polar surface area (TPSA) is 99.8 Å². The molecule has 1 N–H and O–H groups in total. The van der Waals surface area contributed by atoms with E-state index < -0.39 is 10.9 Å². The van der Waals surface area contributed by atoms with Crippen LogP contribution in [0.3, 0.4) is 0 Å². The van der Waals surface area contributed by atoms with Gasteiger partial charge in [-0.15, -0.1) is 0 Å². The van der Waals surface area contributed by atoms with Gasteiger partial charge in [-0.2, -0.15) is 0 Å². The van der Waals surface area contributed by atoms with Crippen LogP contribution in [-0.2, 0) is 0 Å². The van der Waals surface area contributed by atoms with Gasteiger partial charge in [0, 0.05) is 25.7 Å². The molecular weight excluding hydrogens is 276 g/mol. The summed E-state index contributed by atoms with van der Waals surface area (Å²) in [7, 11) is 3.80. The number of likely N-dealkylation sites (tertiary alicyclic amines) is 1. The fourth-order valence-electron chi connectivity index (χ4n) is 2.61. The highest BCUT2D eigenvalue weighted by Crippen LogP contribution is 2.25. The fourth-order valence-corrected chi connectivity index (χ4v) is 2.61. The highest BCUT2D eigenvalue weighted by molar-refractivity contribution is 5.94. The van der Waals surface area contributed by atoms with Crippen LogP contribution in [0, 0.1) is 10.1 Å². The largest absolute Gasteiger partial charge is 0.478 e. The molecule has 8 heteroatoms. The number of carboxylic acids is 1. The summed E-state index contributed by atoms with van der Waals surface area (Å²) in [4.78, 5) is 29.5. The zero-order valence-electron chi connectivity index (χ0n) is 12.0. The third-order valence-electron chi connectivity index (χ3n) is 3.77. The van der Waals surface area contributed by atoms with Crippen LogP contribution in [0.5, 0.6) is 0 Å².